The lowest BCUT2D eigenvalue weighted by molar-refractivity contribution is -0.123. The standard InChI is InChI=1S/C21H29N3O2S2.ClH/c1-27-17-8-5-9-18-19(17)22-21(28-18)24(11-10-23-12-14-26-15-13-23)20(25)16-6-3-2-4-7-16;/h5,8-9,16H,2-4,6-7,10-15H2,1H3;1H. The van der Waals surface area contributed by atoms with Crippen molar-refractivity contribution in [3.05, 3.63) is 18.2 Å². The molecule has 160 valence electrons. The number of carbonyl (C=O) groups excluding carboxylic acids is 1. The van der Waals surface area contributed by atoms with E-state index in [9.17, 15) is 4.79 Å². The fraction of sp³-hybridized carbons (Fsp3) is 0.619. The molecule has 4 rings (SSSR count). The van der Waals surface area contributed by atoms with Crippen molar-refractivity contribution >= 4 is 56.8 Å². The molecule has 5 nitrogen and oxygen atoms in total. The van der Waals surface area contributed by atoms with E-state index in [1.165, 1.54) is 24.2 Å². The molecule has 1 amide bonds. The Morgan fingerprint density at radius 1 is 1.28 bits per heavy atom. The number of ether oxygens (including phenoxy) is 1. The van der Waals surface area contributed by atoms with E-state index < -0.39 is 0 Å². The van der Waals surface area contributed by atoms with Crippen LogP contribution in [0.15, 0.2) is 23.1 Å². The van der Waals surface area contributed by atoms with Gasteiger partial charge in [-0.2, -0.15) is 0 Å². The van der Waals surface area contributed by atoms with Crippen molar-refractivity contribution in [3.8, 4) is 0 Å². The first kappa shape index (κ1) is 22.8. The van der Waals surface area contributed by atoms with Gasteiger partial charge in [0.25, 0.3) is 0 Å². The van der Waals surface area contributed by atoms with Gasteiger partial charge in [0.15, 0.2) is 5.13 Å². The Hall–Kier alpha value is -0.860. The van der Waals surface area contributed by atoms with Crippen LogP contribution in [0.3, 0.4) is 0 Å². The number of carbonyl (C=O) groups is 1. The number of fused-ring (bicyclic) bond motifs is 1. The van der Waals surface area contributed by atoms with Gasteiger partial charge in [-0.25, -0.2) is 4.98 Å². The van der Waals surface area contributed by atoms with Gasteiger partial charge >= 0.3 is 0 Å². The van der Waals surface area contributed by atoms with Crippen molar-refractivity contribution in [1.29, 1.82) is 0 Å². The van der Waals surface area contributed by atoms with Crippen molar-refractivity contribution in [2.75, 3.05) is 50.5 Å². The number of hydrogen-bond donors (Lipinski definition) is 0. The highest BCUT2D eigenvalue weighted by atomic mass is 35.5. The minimum absolute atomic E-state index is 0. The van der Waals surface area contributed by atoms with Crippen LogP contribution in [0.5, 0.6) is 0 Å². The highest BCUT2D eigenvalue weighted by molar-refractivity contribution is 7.98. The first-order valence-electron chi connectivity index (χ1n) is 10.3. The molecule has 8 heteroatoms. The normalized spacial score (nSPS) is 18.5. The predicted molar refractivity (Wildman–Crippen MR) is 125 cm³/mol. The highest BCUT2D eigenvalue weighted by Crippen LogP contribution is 2.35. The number of halogens is 1. The molecule has 2 heterocycles. The maximum atomic E-state index is 13.4. The quantitative estimate of drug-likeness (QED) is 0.591. The summed E-state index contributed by atoms with van der Waals surface area (Å²) in [4.78, 5) is 23.9. The van der Waals surface area contributed by atoms with Crippen molar-refractivity contribution < 1.29 is 9.53 Å². The van der Waals surface area contributed by atoms with Crippen LogP contribution in [-0.4, -0.2) is 61.4 Å². The van der Waals surface area contributed by atoms with Crippen LogP contribution >= 0.6 is 35.5 Å². The lowest BCUT2D eigenvalue weighted by Crippen LogP contribution is -2.45. The molecule has 1 aliphatic heterocycles. The zero-order valence-electron chi connectivity index (χ0n) is 17.0. The molecule has 2 fully saturated rings. The predicted octanol–water partition coefficient (Wildman–Crippen LogP) is 4.69. The van der Waals surface area contributed by atoms with E-state index in [4.69, 9.17) is 9.72 Å². The summed E-state index contributed by atoms with van der Waals surface area (Å²) >= 11 is 3.37. The number of thiazole rings is 1. The summed E-state index contributed by atoms with van der Waals surface area (Å²) in [7, 11) is 0. The van der Waals surface area contributed by atoms with Crippen molar-refractivity contribution in [2.45, 2.75) is 37.0 Å². The van der Waals surface area contributed by atoms with Gasteiger partial charge < -0.3 is 4.74 Å². The second-order valence-electron chi connectivity index (χ2n) is 7.58. The van der Waals surface area contributed by atoms with Gasteiger partial charge in [0, 0.05) is 37.0 Å². The van der Waals surface area contributed by atoms with E-state index in [0.717, 1.165) is 61.0 Å². The Balaban J connectivity index is 0.00000240. The summed E-state index contributed by atoms with van der Waals surface area (Å²) in [5.74, 6) is 0.434. The van der Waals surface area contributed by atoms with E-state index in [-0.39, 0.29) is 24.2 Å². The third-order valence-corrected chi connectivity index (χ3v) is 7.60. The molecule has 1 saturated carbocycles. The second kappa shape index (κ2) is 11.0. The van der Waals surface area contributed by atoms with Crippen LogP contribution in [0.1, 0.15) is 32.1 Å². The molecule has 0 unspecified atom stereocenters. The minimum Gasteiger partial charge on any atom is -0.379 e. The average Bonchev–Trinajstić information content (AvgIpc) is 3.19. The summed E-state index contributed by atoms with van der Waals surface area (Å²) in [6.45, 7) is 5.06. The lowest BCUT2D eigenvalue weighted by atomic mass is 9.88. The van der Waals surface area contributed by atoms with Gasteiger partial charge in [0.05, 0.1) is 23.4 Å². The number of morpholine rings is 1. The Kier molecular flexibility index (Phi) is 8.62. The van der Waals surface area contributed by atoms with Gasteiger partial charge in [-0.1, -0.05) is 36.7 Å². The summed E-state index contributed by atoms with van der Waals surface area (Å²) in [6.07, 6.45) is 7.73. The zero-order chi connectivity index (χ0) is 19.3. The number of para-hydroxylation sites is 1. The maximum absolute atomic E-state index is 13.4. The lowest BCUT2D eigenvalue weighted by Gasteiger charge is -2.31. The largest absolute Gasteiger partial charge is 0.379 e. The third-order valence-electron chi connectivity index (χ3n) is 5.79. The van der Waals surface area contributed by atoms with Crippen molar-refractivity contribution in [2.24, 2.45) is 5.92 Å². The SMILES string of the molecule is CSc1cccc2sc(N(CCN3CCOCC3)C(=O)C3CCCCC3)nc12.Cl. The molecule has 2 aromatic rings. The summed E-state index contributed by atoms with van der Waals surface area (Å²) in [5, 5.41) is 0.861. The molecule has 0 spiro atoms. The first-order valence-corrected chi connectivity index (χ1v) is 12.4. The van der Waals surface area contributed by atoms with E-state index in [2.05, 4.69) is 29.4 Å². The number of benzene rings is 1. The molecule has 1 aromatic heterocycles. The zero-order valence-corrected chi connectivity index (χ0v) is 19.4. The van der Waals surface area contributed by atoms with Gasteiger partial charge in [-0.3, -0.25) is 14.6 Å². The molecule has 0 bridgehead atoms. The van der Waals surface area contributed by atoms with Gasteiger partial charge in [0.2, 0.25) is 5.91 Å². The fourth-order valence-electron chi connectivity index (χ4n) is 4.13. The maximum Gasteiger partial charge on any atom is 0.231 e. The molecule has 0 N–H and O–H groups in total. The minimum atomic E-state index is 0. The third kappa shape index (κ3) is 5.44. The Labute approximate surface area is 187 Å². The molecule has 1 aliphatic carbocycles. The number of aromatic nitrogens is 1. The molecule has 2 aliphatic rings. The Morgan fingerprint density at radius 2 is 2.03 bits per heavy atom. The number of anilines is 1. The van der Waals surface area contributed by atoms with Crippen LogP contribution in [0, 0.1) is 5.92 Å². The molecule has 1 saturated heterocycles. The van der Waals surface area contributed by atoms with Gasteiger partial charge in [-0.05, 0) is 31.2 Å². The van der Waals surface area contributed by atoms with Crippen LogP contribution in [0.25, 0.3) is 10.2 Å². The van der Waals surface area contributed by atoms with E-state index in [1.54, 1.807) is 23.1 Å². The number of rotatable bonds is 6. The Morgan fingerprint density at radius 3 is 2.76 bits per heavy atom. The molecule has 29 heavy (non-hydrogen) atoms. The van der Waals surface area contributed by atoms with Crippen LogP contribution < -0.4 is 4.90 Å². The fourth-order valence-corrected chi connectivity index (χ4v) is 5.78. The van der Waals surface area contributed by atoms with E-state index in [1.807, 2.05) is 4.90 Å². The first-order chi connectivity index (χ1) is 13.8. The van der Waals surface area contributed by atoms with Crippen LogP contribution in [-0.2, 0) is 9.53 Å². The van der Waals surface area contributed by atoms with E-state index in [0.29, 0.717) is 6.54 Å². The molecular weight excluding hydrogens is 426 g/mol. The molecule has 0 atom stereocenters. The summed E-state index contributed by atoms with van der Waals surface area (Å²) in [6, 6.07) is 6.30. The molecule has 0 radical (unpaired) electrons. The van der Waals surface area contributed by atoms with E-state index >= 15 is 0 Å². The number of amides is 1. The number of hydrogen-bond acceptors (Lipinski definition) is 6. The topological polar surface area (TPSA) is 45.7 Å². The Bertz CT molecular complexity index is 804. The smallest absolute Gasteiger partial charge is 0.231 e. The molecule has 1 aromatic carbocycles. The second-order valence-corrected chi connectivity index (χ2v) is 9.44. The van der Waals surface area contributed by atoms with Gasteiger partial charge in [-0.15, -0.1) is 24.2 Å². The monoisotopic (exact) mass is 455 g/mol. The molecular formula is C21H30ClN3O2S2. The number of nitrogens with zero attached hydrogens (tertiary/aromatic N) is 3. The number of thioether (sulfide) groups is 1. The van der Waals surface area contributed by atoms with Crippen molar-refractivity contribution in [3.63, 3.8) is 0 Å². The highest BCUT2D eigenvalue weighted by Gasteiger charge is 2.29. The summed E-state index contributed by atoms with van der Waals surface area (Å²) < 4.78 is 6.63. The van der Waals surface area contributed by atoms with Crippen LogP contribution in [0.2, 0.25) is 0 Å². The van der Waals surface area contributed by atoms with Gasteiger partial charge in [0.1, 0.15) is 0 Å². The summed E-state index contributed by atoms with van der Waals surface area (Å²) in [5.41, 5.74) is 1.03. The van der Waals surface area contributed by atoms with Crippen molar-refractivity contribution in [1.82, 2.24) is 9.88 Å². The average molecular weight is 456 g/mol. The van der Waals surface area contributed by atoms with Crippen LogP contribution in [0.4, 0.5) is 5.13 Å².